The van der Waals surface area contributed by atoms with Gasteiger partial charge in [0, 0.05) is 0 Å². The van der Waals surface area contributed by atoms with Gasteiger partial charge in [0.1, 0.15) is 0 Å². The Morgan fingerprint density at radius 3 is 0.933 bits per heavy atom. The molecule has 0 heterocycles. The van der Waals surface area contributed by atoms with Gasteiger partial charge in [-0.3, -0.25) is 0 Å². The topological polar surface area (TPSA) is 114 Å². The molecular formula is C18H15Na2O6PS3. The van der Waals surface area contributed by atoms with Crippen LogP contribution in [-0.4, -0.2) is 25.9 Å². The first-order valence-corrected chi connectivity index (χ1v) is 13.7. The Hall–Kier alpha value is 0.260. The van der Waals surface area contributed by atoms with Gasteiger partial charge in [-0.05, 0) is 23.8 Å². The summed E-state index contributed by atoms with van der Waals surface area (Å²) in [5.41, 5.74) is 0. The second-order valence-corrected chi connectivity index (χ2v) is 13.3. The summed E-state index contributed by atoms with van der Waals surface area (Å²) in [6.07, 6.45) is 0. The summed E-state index contributed by atoms with van der Waals surface area (Å²) in [5, 5.41) is 4.19. The van der Waals surface area contributed by atoms with Crippen molar-refractivity contribution in [1.29, 1.82) is 0 Å². The fourth-order valence-corrected chi connectivity index (χ4v) is 7.24. The van der Waals surface area contributed by atoms with Gasteiger partial charge in [-0.1, -0.05) is 91.0 Å². The average molecular weight is 500 g/mol. The van der Waals surface area contributed by atoms with Crippen molar-refractivity contribution in [1.82, 2.24) is 0 Å². The van der Waals surface area contributed by atoms with Gasteiger partial charge < -0.3 is 9.11 Å². The van der Waals surface area contributed by atoms with Crippen LogP contribution in [0.4, 0.5) is 0 Å². The molecule has 30 heavy (non-hydrogen) atoms. The first-order valence-electron chi connectivity index (χ1n) is 7.74. The summed E-state index contributed by atoms with van der Waals surface area (Å²) in [7, 11) is -11.6. The van der Waals surface area contributed by atoms with Gasteiger partial charge in [0.15, 0.2) is 18.3 Å². The Labute approximate surface area is 225 Å². The van der Waals surface area contributed by atoms with Gasteiger partial charge in [-0.15, -0.1) is 0 Å². The Kier molecular flexibility index (Phi) is 14.5. The second kappa shape index (κ2) is 14.4. The molecule has 0 spiro atoms. The first-order chi connectivity index (χ1) is 13.2. The van der Waals surface area contributed by atoms with E-state index in [0.717, 1.165) is 0 Å². The maximum atomic E-state index is 9.48. The molecule has 0 saturated heterocycles. The van der Waals surface area contributed by atoms with Crippen LogP contribution < -0.4 is 75.0 Å². The van der Waals surface area contributed by atoms with E-state index in [2.05, 4.69) is 91.0 Å². The molecule has 0 aliphatic rings. The molecule has 148 valence electrons. The van der Waals surface area contributed by atoms with Crippen molar-refractivity contribution in [3.05, 3.63) is 91.0 Å². The predicted molar refractivity (Wildman–Crippen MR) is 112 cm³/mol. The fraction of sp³-hybridized carbons (Fsp3) is 0. The predicted octanol–water partition coefficient (Wildman–Crippen LogP) is -3.91. The maximum absolute atomic E-state index is 9.48. The Morgan fingerprint density at radius 2 is 0.767 bits per heavy atom. The van der Waals surface area contributed by atoms with E-state index in [9.17, 15) is 25.9 Å². The van der Waals surface area contributed by atoms with E-state index in [-0.39, 0.29) is 59.1 Å². The SMILES string of the molecule is O=S(=O)([O-])SS(=O)(=O)[O-].[Na+].[Na+].c1ccc(P(c2ccccc2)c2ccccc2)cc1. The molecular weight excluding hydrogens is 485 g/mol. The quantitative estimate of drug-likeness (QED) is 0.152. The molecule has 0 amide bonds. The summed E-state index contributed by atoms with van der Waals surface area (Å²) >= 11 is 0. The van der Waals surface area contributed by atoms with Crippen LogP contribution in [0.1, 0.15) is 0 Å². The van der Waals surface area contributed by atoms with Gasteiger partial charge in [0.2, 0.25) is 0 Å². The molecule has 0 saturated carbocycles. The van der Waals surface area contributed by atoms with Crippen molar-refractivity contribution in [3.8, 4) is 0 Å². The zero-order valence-corrected chi connectivity index (χ0v) is 23.6. The van der Waals surface area contributed by atoms with Gasteiger partial charge in [0.05, 0.1) is 9.83 Å². The minimum absolute atomic E-state index is 0. The molecule has 0 bridgehead atoms. The number of hydrogen-bond acceptors (Lipinski definition) is 7. The molecule has 3 rings (SSSR count). The number of rotatable bonds is 5. The number of benzene rings is 3. The monoisotopic (exact) mass is 500 g/mol. The van der Waals surface area contributed by atoms with Crippen LogP contribution in [0.2, 0.25) is 0 Å². The molecule has 0 aliphatic carbocycles. The molecule has 0 atom stereocenters. The van der Waals surface area contributed by atoms with Crippen molar-refractivity contribution < 1.29 is 85.1 Å². The third-order valence-electron chi connectivity index (χ3n) is 3.21. The summed E-state index contributed by atoms with van der Waals surface area (Å²) in [4.78, 5) is 0. The average Bonchev–Trinajstić information content (AvgIpc) is 2.62. The largest absolute Gasteiger partial charge is 1.00 e. The molecule has 0 unspecified atom stereocenters. The molecule has 0 N–H and O–H groups in total. The third-order valence-corrected chi connectivity index (χ3v) is 9.99. The van der Waals surface area contributed by atoms with E-state index >= 15 is 0 Å². The van der Waals surface area contributed by atoms with Crippen LogP contribution in [0.25, 0.3) is 0 Å². The van der Waals surface area contributed by atoms with Crippen LogP contribution >= 0.6 is 17.7 Å². The van der Waals surface area contributed by atoms with Crippen LogP contribution in [0, 0.1) is 0 Å². The van der Waals surface area contributed by atoms with Crippen molar-refractivity contribution in [2.24, 2.45) is 0 Å². The Bertz CT molecular complexity index is 961. The zero-order chi connectivity index (χ0) is 20.6. The summed E-state index contributed by atoms with van der Waals surface area (Å²) in [6, 6.07) is 32.3. The fourth-order valence-electron chi connectivity index (χ4n) is 2.28. The smallest absolute Gasteiger partial charge is 0.739 e. The molecule has 0 radical (unpaired) electrons. The Morgan fingerprint density at radius 1 is 0.533 bits per heavy atom. The van der Waals surface area contributed by atoms with E-state index in [1.165, 1.54) is 15.9 Å². The standard InChI is InChI=1S/C18H15P.2Na.H2O6S3/c1-4-10-16(11-5-1)19(17-12-6-2-7-13-17)18-14-8-3-9-15-18;;;1-8(2,3)7-9(4,5)6/h1-15H;;;(H,1,2,3)(H,4,5,6)/q;2*+1;/p-2. The molecule has 3 aromatic rings. The summed E-state index contributed by atoms with van der Waals surface area (Å²) < 4.78 is 56.9. The van der Waals surface area contributed by atoms with Crippen LogP contribution in [0.15, 0.2) is 91.0 Å². The van der Waals surface area contributed by atoms with E-state index < -0.39 is 36.0 Å². The molecule has 0 fully saturated rings. The van der Waals surface area contributed by atoms with Gasteiger partial charge in [-0.25, -0.2) is 16.8 Å². The van der Waals surface area contributed by atoms with Gasteiger partial charge in [0.25, 0.3) is 0 Å². The molecule has 6 nitrogen and oxygen atoms in total. The normalized spacial score (nSPS) is 10.8. The van der Waals surface area contributed by atoms with Crippen LogP contribution in [0.3, 0.4) is 0 Å². The summed E-state index contributed by atoms with van der Waals surface area (Å²) in [6.45, 7) is 0. The molecule has 3 aromatic carbocycles. The van der Waals surface area contributed by atoms with E-state index in [1.807, 2.05) is 0 Å². The van der Waals surface area contributed by atoms with E-state index in [1.54, 1.807) is 0 Å². The molecule has 12 heteroatoms. The molecule has 0 aliphatic heterocycles. The van der Waals surface area contributed by atoms with Crippen molar-refractivity contribution in [2.45, 2.75) is 0 Å². The first kappa shape index (κ1) is 30.3. The Balaban J connectivity index is 0.000000664. The second-order valence-electron chi connectivity index (χ2n) is 5.23. The van der Waals surface area contributed by atoms with Crippen LogP contribution in [0.5, 0.6) is 0 Å². The molecule has 0 aromatic heterocycles. The van der Waals surface area contributed by atoms with Crippen molar-refractivity contribution >= 4 is 52.0 Å². The van der Waals surface area contributed by atoms with E-state index in [0.29, 0.717) is 0 Å². The van der Waals surface area contributed by atoms with Gasteiger partial charge in [-0.2, -0.15) is 0 Å². The third kappa shape index (κ3) is 11.8. The van der Waals surface area contributed by atoms with E-state index in [4.69, 9.17) is 0 Å². The number of hydrogen-bond donors (Lipinski definition) is 0. The van der Waals surface area contributed by atoms with Crippen LogP contribution in [-0.2, 0) is 18.3 Å². The minimum atomic E-state index is -5.02. The zero-order valence-electron chi connectivity index (χ0n) is 16.3. The van der Waals surface area contributed by atoms with Crippen molar-refractivity contribution in [3.63, 3.8) is 0 Å². The minimum Gasteiger partial charge on any atom is -0.739 e. The summed E-state index contributed by atoms with van der Waals surface area (Å²) in [5.74, 6) is 0. The maximum Gasteiger partial charge on any atom is 1.00 e. The van der Waals surface area contributed by atoms with Gasteiger partial charge >= 0.3 is 59.1 Å². The van der Waals surface area contributed by atoms with Crippen molar-refractivity contribution in [2.75, 3.05) is 0 Å².